The SMILES string of the molecule is C=CNC.CC.CCC.COC(C)c1ccccc1COc1cc(C)ccc1C. The van der Waals surface area contributed by atoms with Crippen molar-refractivity contribution in [2.45, 2.75) is 67.6 Å². The highest BCUT2D eigenvalue weighted by molar-refractivity contribution is 5.36. The first-order chi connectivity index (χ1) is 13.9. The normalized spacial score (nSPS) is 9.97. The molecule has 3 heteroatoms. The largest absolute Gasteiger partial charge is 0.489 e. The van der Waals surface area contributed by atoms with Crippen molar-refractivity contribution < 1.29 is 9.47 Å². The minimum Gasteiger partial charge on any atom is -0.489 e. The van der Waals surface area contributed by atoms with Gasteiger partial charge in [0.15, 0.2) is 0 Å². The Kier molecular flexibility index (Phi) is 19.0. The van der Waals surface area contributed by atoms with Crippen LogP contribution in [0.2, 0.25) is 0 Å². The van der Waals surface area contributed by atoms with Crippen LogP contribution in [0.25, 0.3) is 0 Å². The molecule has 1 atom stereocenters. The Labute approximate surface area is 180 Å². The zero-order valence-corrected chi connectivity index (χ0v) is 20.1. The highest BCUT2D eigenvalue weighted by Gasteiger charge is 2.10. The lowest BCUT2D eigenvalue weighted by atomic mass is 10.0. The molecule has 0 aliphatic carbocycles. The Morgan fingerprint density at radius 3 is 2.14 bits per heavy atom. The summed E-state index contributed by atoms with van der Waals surface area (Å²) in [5.41, 5.74) is 4.72. The van der Waals surface area contributed by atoms with Crippen LogP contribution in [0.3, 0.4) is 0 Å². The van der Waals surface area contributed by atoms with Crippen LogP contribution in [0.1, 0.15) is 69.4 Å². The molecule has 0 aliphatic rings. The Morgan fingerprint density at radius 2 is 1.62 bits per heavy atom. The van der Waals surface area contributed by atoms with Crippen LogP contribution in [0.15, 0.2) is 55.2 Å². The number of hydrogen-bond acceptors (Lipinski definition) is 3. The van der Waals surface area contributed by atoms with E-state index >= 15 is 0 Å². The second kappa shape index (κ2) is 19.1. The second-order valence-corrected chi connectivity index (χ2v) is 6.33. The van der Waals surface area contributed by atoms with Crippen LogP contribution >= 0.6 is 0 Å². The van der Waals surface area contributed by atoms with Gasteiger partial charge in [-0.2, -0.15) is 0 Å². The van der Waals surface area contributed by atoms with Crippen LogP contribution in [0.5, 0.6) is 5.75 Å². The Morgan fingerprint density at radius 1 is 1.07 bits per heavy atom. The highest BCUT2D eigenvalue weighted by atomic mass is 16.5. The first-order valence-electron chi connectivity index (χ1n) is 10.5. The van der Waals surface area contributed by atoms with E-state index in [-0.39, 0.29) is 6.10 Å². The molecule has 29 heavy (non-hydrogen) atoms. The van der Waals surface area contributed by atoms with Crippen LogP contribution in [-0.4, -0.2) is 14.2 Å². The lowest BCUT2D eigenvalue weighted by Gasteiger charge is -2.16. The first-order valence-corrected chi connectivity index (χ1v) is 10.5. The van der Waals surface area contributed by atoms with Gasteiger partial charge in [-0.3, -0.25) is 0 Å². The van der Waals surface area contributed by atoms with Gasteiger partial charge in [0.1, 0.15) is 12.4 Å². The summed E-state index contributed by atoms with van der Waals surface area (Å²) < 4.78 is 11.4. The maximum Gasteiger partial charge on any atom is 0.122 e. The summed E-state index contributed by atoms with van der Waals surface area (Å²) in [4.78, 5) is 0. The topological polar surface area (TPSA) is 30.5 Å². The fourth-order valence-corrected chi connectivity index (χ4v) is 2.21. The van der Waals surface area contributed by atoms with Crippen LogP contribution in [-0.2, 0) is 11.3 Å². The molecule has 0 radical (unpaired) electrons. The molecule has 0 aromatic heterocycles. The zero-order valence-electron chi connectivity index (χ0n) is 20.1. The molecular weight excluding hydrogens is 358 g/mol. The molecular formula is C26H43NO2. The van der Waals surface area contributed by atoms with E-state index in [4.69, 9.17) is 9.47 Å². The van der Waals surface area contributed by atoms with Gasteiger partial charge in [0.05, 0.1) is 6.10 Å². The Hall–Kier alpha value is -2.26. The fraction of sp³-hybridized carbons (Fsp3) is 0.462. The number of benzene rings is 2. The first kappa shape index (κ1) is 28.9. The predicted molar refractivity (Wildman–Crippen MR) is 129 cm³/mol. The monoisotopic (exact) mass is 401 g/mol. The quantitative estimate of drug-likeness (QED) is 0.547. The van der Waals surface area contributed by atoms with Gasteiger partial charge in [-0.25, -0.2) is 0 Å². The van der Waals surface area contributed by atoms with Crippen molar-refractivity contribution in [3.63, 3.8) is 0 Å². The molecule has 0 saturated heterocycles. The van der Waals surface area contributed by atoms with Gasteiger partial charge >= 0.3 is 0 Å². The Bertz CT molecular complexity index is 653. The van der Waals surface area contributed by atoms with Crippen molar-refractivity contribution in [2.75, 3.05) is 14.2 Å². The van der Waals surface area contributed by atoms with E-state index in [2.05, 4.69) is 76.8 Å². The number of hydrogen-bond donors (Lipinski definition) is 1. The van der Waals surface area contributed by atoms with Crippen LogP contribution in [0, 0.1) is 13.8 Å². The van der Waals surface area contributed by atoms with Gasteiger partial charge in [-0.1, -0.05) is 77.1 Å². The lowest BCUT2D eigenvalue weighted by Crippen LogP contribution is -2.05. The summed E-state index contributed by atoms with van der Waals surface area (Å²) in [7, 11) is 3.54. The van der Waals surface area contributed by atoms with Gasteiger partial charge in [-0.15, -0.1) is 0 Å². The van der Waals surface area contributed by atoms with Crippen LogP contribution < -0.4 is 10.1 Å². The lowest BCUT2D eigenvalue weighted by molar-refractivity contribution is 0.117. The number of nitrogens with one attached hydrogen (secondary N) is 1. The summed E-state index contributed by atoms with van der Waals surface area (Å²) >= 11 is 0. The van der Waals surface area contributed by atoms with Crippen molar-refractivity contribution in [3.05, 3.63) is 77.5 Å². The summed E-state index contributed by atoms with van der Waals surface area (Å²) in [6.07, 6.45) is 2.95. The predicted octanol–water partition coefficient (Wildman–Crippen LogP) is 7.38. The van der Waals surface area contributed by atoms with Gasteiger partial charge in [0.25, 0.3) is 0 Å². The number of ether oxygens (including phenoxy) is 2. The standard InChI is InChI=1S/C18H22O2.C3H7N.C3H8.C2H6/c1-13-9-10-14(2)18(11-13)20-12-16-7-5-6-8-17(16)15(3)19-4;1-3-4-2;1-3-2;1-2/h5-11,15H,12H2,1-4H3;3-4H,1H2,2H3;3H2,1-2H3;1-2H3. The molecule has 0 bridgehead atoms. The number of rotatable bonds is 6. The molecule has 0 spiro atoms. The van der Waals surface area contributed by atoms with Gasteiger partial charge in [0, 0.05) is 14.2 Å². The van der Waals surface area contributed by atoms with Crippen molar-refractivity contribution in [1.82, 2.24) is 5.32 Å². The molecule has 0 fully saturated rings. The average Bonchev–Trinajstić information content (AvgIpc) is 2.76. The minimum absolute atomic E-state index is 0.0772. The van der Waals surface area contributed by atoms with E-state index in [1.807, 2.05) is 33.0 Å². The number of aryl methyl sites for hydroxylation is 2. The molecule has 2 rings (SSSR count). The Balaban J connectivity index is 0. The van der Waals surface area contributed by atoms with Crippen molar-refractivity contribution in [1.29, 1.82) is 0 Å². The van der Waals surface area contributed by atoms with Crippen molar-refractivity contribution in [3.8, 4) is 5.75 Å². The van der Waals surface area contributed by atoms with Gasteiger partial charge in [-0.05, 0) is 55.3 Å². The van der Waals surface area contributed by atoms with E-state index in [0.29, 0.717) is 6.61 Å². The maximum atomic E-state index is 5.98. The molecule has 1 N–H and O–H groups in total. The maximum absolute atomic E-state index is 5.98. The van der Waals surface area contributed by atoms with Crippen molar-refractivity contribution in [2.24, 2.45) is 0 Å². The second-order valence-electron chi connectivity index (χ2n) is 6.33. The molecule has 0 heterocycles. The molecule has 1 unspecified atom stereocenters. The molecule has 0 amide bonds. The highest BCUT2D eigenvalue weighted by Crippen LogP contribution is 2.24. The third kappa shape index (κ3) is 12.7. The molecule has 2 aromatic rings. The molecule has 0 saturated carbocycles. The third-order valence-electron chi connectivity index (χ3n) is 3.78. The molecule has 164 valence electrons. The average molecular weight is 402 g/mol. The zero-order chi connectivity index (χ0) is 22.7. The van der Waals surface area contributed by atoms with Crippen LogP contribution in [0.4, 0.5) is 0 Å². The molecule has 3 nitrogen and oxygen atoms in total. The van der Waals surface area contributed by atoms with E-state index in [1.165, 1.54) is 23.1 Å². The minimum atomic E-state index is 0.0772. The fourth-order valence-electron chi connectivity index (χ4n) is 2.21. The summed E-state index contributed by atoms with van der Waals surface area (Å²) in [5.74, 6) is 0.949. The summed E-state index contributed by atoms with van der Waals surface area (Å²) in [6, 6.07) is 14.5. The van der Waals surface area contributed by atoms with Gasteiger partial charge in [0.2, 0.25) is 0 Å². The van der Waals surface area contributed by atoms with E-state index in [0.717, 1.165) is 11.3 Å². The third-order valence-corrected chi connectivity index (χ3v) is 3.78. The molecule has 2 aromatic carbocycles. The number of methoxy groups -OCH3 is 1. The van der Waals surface area contributed by atoms with Gasteiger partial charge < -0.3 is 14.8 Å². The molecule has 0 aliphatic heterocycles. The van der Waals surface area contributed by atoms with Crippen molar-refractivity contribution >= 4 is 0 Å². The summed E-state index contributed by atoms with van der Waals surface area (Å²) in [6.45, 7) is 18.4. The smallest absolute Gasteiger partial charge is 0.122 e. The van der Waals surface area contributed by atoms with E-state index in [1.54, 1.807) is 13.3 Å². The van der Waals surface area contributed by atoms with E-state index < -0.39 is 0 Å². The summed E-state index contributed by atoms with van der Waals surface area (Å²) in [5, 5.41) is 2.69. The van der Waals surface area contributed by atoms with E-state index in [9.17, 15) is 0 Å².